The number of morpholine rings is 1. The fourth-order valence-corrected chi connectivity index (χ4v) is 5.57. The highest BCUT2D eigenvalue weighted by atomic mass is 19.3. The van der Waals surface area contributed by atoms with E-state index in [-0.39, 0.29) is 5.82 Å². The average Bonchev–Trinajstić information content (AvgIpc) is 3.37. The molecule has 2 N–H and O–H groups in total. The molecule has 0 spiro atoms. The molecule has 11 heteroatoms. The van der Waals surface area contributed by atoms with Crippen LogP contribution in [0.5, 0.6) is 0 Å². The standard InChI is InChI=1S/C28H37F2N7O2/c1-19(18-38)17-35(2)21-9-7-20(8-10-21)16-31-24-15-25(34-28(33-24)36-11-13-39-14-12-36)37-23-6-4-3-5-22(23)32-27(37)26(29)30/h3-6,15,18,20-21,26,38H,7-14,16-17H2,1-2H3,(H,31,33,34)/b19-18+/t20-,21-. The predicted molar refractivity (Wildman–Crippen MR) is 148 cm³/mol. The van der Waals surface area contributed by atoms with Crippen LogP contribution in [0, 0.1) is 5.92 Å². The molecule has 0 atom stereocenters. The quantitative estimate of drug-likeness (QED) is 0.368. The van der Waals surface area contributed by atoms with Crippen LogP contribution in [0.2, 0.25) is 0 Å². The molecule has 39 heavy (non-hydrogen) atoms. The monoisotopic (exact) mass is 541 g/mol. The molecule has 1 saturated heterocycles. The van der Waals surface area contributed by atoms with Crippen molar-refractivity contribution in [1.82, 2.24) is 24.4 Å². The van der Waals surface area contributed by atoms with Gasteiger partial charge < -0.3 is 20.1 Å². The first kappa shape index (κ1) is 27.3. The van der Waals surface area contributed by atoms with Crippen molar-refractivity contribution in [3.05, 3.63) is 48.0 Å². The molecule has 9 nitrogen and oxygen atoms in total. The summed E-state index contributed by atoms with van der Waals surface area (Å²) in [4.78, 5) is 18.1. The van der Waals surface area contributed by atoms with E-state index < -0.39 is 6.43 Å². The van der Waals surface area contributed by atoms with Gasteiger partial charge in [-0.25, -0.2) is 13.8 Å². The summed E-state index contributed by atoms with van der Waals surface area (Å²) in [5, 5.41) is 12.7. The molecule has 0 bridgehead atoms. The van der Waals surface area contributed by atoms with E-state index in [0.29, 0.717) is 66.9 Å². The first-order chi connectivity index (χ1) is 18.9. The number of ether oxygens (including phenoxy) is 1. The van der Waals surface area contributed by atoms with Gasteiger partial charge in [-0.15, -0.1) is 0 Å². The number of aromatic nitrogens is 4. The van der Waals surface area contributed by atoms with Gasteiger partial charge in [0.15, 0.2) is 5.82 Å². The summed E-state index contributed by atoms with van der Waals surface area (Å²) < 4.78 is 35.1. The summed E-state index contributed by atoms with van der Waals surface area (Å²) in [6.07, 6.45) is 2.78. The summed E-state index contributed by atoms with van der Waals surface area (Å²) in [7, 11) is 2.11. The number of rotatable bonds is 9. The highest BCUT2D eigenvalue weighted by molar-refractivity contribution is 5.78. The van der Waals surface area contributed by atoms with E-state index in [1.54, 1.807) is 24.3 Å². The average molecular weight is 542 g/mol. The Labute approximate surface area is 227 Å². The van der Waals surface area contributed by atoms with Crippen molar-refractivity contribution in [2.45, 2.75) is 45.1 Å². The van der Waals surface area contributed by atoms with Crippen molar-refractivity contribution in [2.24, 2.45) is 5.92 Å². The SMILES string of the molecule is C/C(=C\O)CN(C)[C@H]1CC[C@H](CNc2cc(-n3c(C(F)F)nc4ccccc43)nc(N3CCOCC3)n2)CC1. The number of nitrogens with one attached hydrogen (secondary N) is 1. The number of aliphatic hydroxyl groups is 1. The number of hydrogen-bond acceptors (Lipinski definition) is 8. The van der Waals surface area contributed by atoms with Crippen LogP contribution >= 0.6 is 0 Å². The molecule has 1 aliphatic carbocycles. The third-order valence-electron chi connectivity index (χ3n) is 7.74. The molecule has 3 aromatic rings. The van der Waals surface area contributed by atoms with E-state index in [2.05, 4.69) is 22.2 Å². The number of nitrogens with zero attached hydrogens (tertiary/aromatic N) is 6. The summed E-state index contributed by atoms with van der Waals surface area (Å²) >= 11 is 0. The molecule has 0 unspecified atom stereocenters. The number of para-hydroxylation sites is 2. The zero-order valence-electron chi connectivity index (χ0n) is 22.6. The van der Waals surface area contributed by atoms with Gasteiger partial charge in [0.1, 0.15) is 11.6 Å². The summed E-state index contributed by atoms with van der Waals surface area (Å²) in [6.45, 7) is 5.86. The van der Waals surface area contributed by atoms with Gasteiger partial charge in [-0.05, 0) is 63.3 Å². The van der Waals surface area contributed by atoms with Crippen molar-refractivity contribution in [3.8, 4) is 5.82 Å². The van der Waals surface area contributed by atoms with Gasteiger partial charge in [0.05, 0.1) is 30.5 Å². The number of likely N-dealkylation sites (N-methyl/N-ethyl adjacent to an activating group) is 1. The molecular formula is C28H37F2N7O2. The molecule has 2 fully saturated rings. The lowest BCUT2D eigenvalue weighted by atomic mass is 9.85. The fraction of sp³-hybridized carbons (Fsp3) is 0.536. The maximum atomic E-state index is 14.1. The fourth-order valence-electron chi connectivity index (χ4n) is 5.57. The second-order valence-electron chi connectivity index (χ2n) is 10.6. The highest BCUT2D eigenvalue weighted by Crippen LogP contribution is 2.30. The van der Waals surface area contributed by atoms with Crippen LogP contribution < -0.4 is 10.2 Å². The number of halogens is 2. The Balaban J connectivity index is 1.36. The first-order valence-electron chi connectivity index (χ1n) is 13.6. The predicted octanol–water partition coefficient (Wildman–Crippen LogP) is 4.95. The second kappa shape index (κ2) is 12.3. The Kier molecular flexibility index (Phi) is 8.56. The molecule has 1 aromatic carbocycles. The third-order valence-corrected chi connectivity index (χ3v) is 7.74. The van der Waals surface area contributed by atoms with Crippen LogP contribution in [0.3, 0.4) is 0 Å². The van der Waals surface area contributed by atoms with Crippen LogP contribution in [0.1, 0.15) is 44.9 Å². The normalized spacial score (nSPS) is 20.8. The van der Waals surface area contributed by atoms with E-state index in [4.69, 9.17) is 14.7 Å². The second-order valence-corrected chi connectivity index (χ2v) is 10.6. The molecule has 2 aromatic heterocycles. The molecule has 3 heterocycles. The van der Waals surface area contributed by atoms with Crippen molar-refractivity contribution in [3.63, 3.8) is 0 Å². The topological polar surface area (TPSA) is 91.6 Å². The molecule has 1 aliphatic heterocycles. The number of alkyl halides is 2. The Morgan fingerprint density at radius 2 is 1.90 bits per heavy atom. The zero-order chi connectivity index (χ0) is 27.4. The maximum absolute atomic E-state index is 14.1. The van der Waals surface area contributed by atoms with Crippen molar-refractivity contribution >= 4 is 22.8 Å². The molecule has 1 saturated carbocycles. The summed E-state index contributed by atoms with van der Waals surface area (Å²) in [5.74, 6) is 1.63. The smallest absolute Gasteiger partial charge is 0.296 e. The minimum absolute atomic E-state index is 0.331. The number of aliphatic hydroxyl groups excluding tert-OH is 1. The Bertz CT molecular complexity index is 1280. The van der Waals surface area contributed by atoms with E-state index in [9.17, 15) is 13.9 Å². The number of hydrogen-bond donors (Lipinski definition) is 2. The highest BCUT2D eigenvalue weighted by Gasteiger charge is 2.26. The van der Waals surface area contributed by atoms with E-state index in [1.807, 2.05) is 17.9 Å². The van der Waals surface area contributed by atoms with Gasteiger partial charge in [-0.1, -0.05) is 12.1 Å². The van der Waals surface area contributed by atoms with Crippen molar-refractivity contribution in [1.29, 1.82) is 0 Å². The van der Waals surface area contributed by atoms with E-state index in [0.717, 1.165) is 44.3 Å². The van der Waals surface area contributed by atoms with E-state index >= 15 is 0 Å². The molecular weight excluding hydrogens is 504 g/mol. The van der Waals surface area contributed by atoms with Crippen molar-refractivity contribution < 1.29 is 18.6 Å². The lowest BCUT2D eigenvalue weighted by Gasteiger charge is -2.35. The van der Waals surface area contributed by atoms with Crippen LogP contribution in [0.25, 0.3) is 16.9 Å². The molecule has 5 rings (SSSR count). The van der Waals surface area contributed by atoms with Crippen LogP contribution in [-0.2, 0) is 4.74 Å². The summed E-state index contributed by atoms with van der Waals surface area (Å²) in [6, 6.07) is 9.36. The minimum Gasteiger partial charge on any atom is -0.516 e. The Morgan fingerprint density at radius 1 is 1.15 bits per heavy atom. The van der Waals surface area contributed by atoms with Crippen LogP contribution in [-0.4, -0.2) is 82.0 Å². The first-order valence-corrected chi connectivity index (χ1v) is 13.6. The Hall–Kier alpha value is -3.31. The van der Waals surface area contributed by atoms with Crippen LogP contribution in [0.4, 0.5) is 20.5 Å². The number of benzene rings is 1. The number of anilines is 2. The van der Waals surface area contributed by atoms with Crippen LogP contribution in [0.15, 0.2) is 42.2 Å². The van der Waals surface area contributed by atoms with Gasteiger partial charge in [0.2, 0.25) is 5.95 Å². The Morgan fingerprint density at radius 3 is 2.62 bits per heavy atom. The minimum atomic E-state index is -2.75. The van der Waals surface area contributed by atoms with Crippen molar-refractivity contribution in [2.75, 3.05) is 56.7 Å². The lowest BCUT2D eigenvalue weighted by molar-refractivity contribution is 0.122. The third kappa shape index (κ3) is 6.30. The van der Waals surface area contributed by atoms with Gasteiger partial charge in [-0.3, -0.25) is 9.47 Å². The van der Waals surface area contributed by atoms with Gasteiger partial charge >= 0.3 is 0 Å². The summed E-state index contributed by atoms with van der Waals surface area (Å²) in [5.41, 5.74) is 2.04. The molecule has 0 amide bonds. The zero-order valence-corrected chi connectivity index (χ0v) is 22.6. The number of imidazole rings is 1. The maximum Gasteiger partial charge on any atom is 0.296 e. The lowest BCUT2D eigenvalue weighted by Crippen LogP contribution is -2.38. The van der Waals surface area contributed by atoms with Gasteiger partial charge in [-0.2, -0.15) is 9.97 Å². The van der Waals surface area contributed by atoms with Gasteiger partial charge in [0.25, 0.3) is 6.43 Å². The van der Waals surface area contributed by atoms with E-state index in [1.165, 1.54) is 10.8 Å². The van der Waals surface area contributed by atoms with Gasteiger partial charge in [0, 0.05) is 38.3 Å². The molecule has 210 valence electrons. The largest absolute Gasteiger partial charge is 0.516 e. The molecule has 0 radical (unpaired) electrons. The molecule has 2 aliphatic rings. The number of fused-ring (bicyclic) bond motifs is 1.